The first kappa shape index (κ1) is 24.2. The molecule has 1 saturated heterocycles. The highest BCUT2D eigenvalue weighted by molar-refractivity contribution is 7.89. The zero-order chi connectivity index (χ0) is 23.5. The van der Waals surface area contributed by atoms with Crippen molar-refractivity contribution >= 4 is 31.6 Å². The number of nitrogens with one attached hydrogen (secondary N) is 1. The maximum atomic E-state index is 12.9. The molecule has 3 N–H and O–H groups in total. The fourth-order valence-electron chi connectivity index (χ4n) is 3.69. The van der Waals surface area contributed by atoms with Crippen LogP contribution in [0.2, 0.25) is 0 Å². The van der Waals surface area contributed by atoms with E-state index in [-0.39, 0.29) is 34.7 Å². The van der Waals surface area contributed by atoms with Gasteiger partial charge in [-0.25, -0.2) is 22.0 Å². The van der Waals surface area contributed by atoms with Gasteiger partial charge in [-0.15, -0.1) is 0 Å². The number of benzene rings is 2. The molecule has 0 aromatic heterocycles. The number of aryl methyl sites for hydroxylation is 1. The number of methoxy groups -OCH3 is 1. The van der Waals surface area contributed by atoms with Gasteiger partial charge in [0.15, 0.2) is 0 Å². The fourth-order valence-corrected chi connectivity index (χ4v) is 6.03. The quantitative estimate of drug-likeness (QED) is 0.620. The van der Waals surface area contributed by atoms with E-state index in [4.69, 9.17) is 9.88 Å². The lowest BCUT2D eigenvalue weighted by atomic mass is 9.97. The van der Waals surface area contributed by atoms with Crippen molar-refractivity contribution in [2.45, 2.75) is 36.0 Å². The molecule has 0 bridgehead atoms. The molecule has 0 unspecified atom stereocenters. The molecular formula is C21H27N3O6S2. The topological polar surface area (TPSA) is 136 Å². The molecule has 0 atom stereocenters. The van der Waals surface area contributed by atoms with Gasteiger partial charge in [0.1, 0.15) is 5.75 Å². The van der Waals surface area contributed by atoms with Gasteiger partial charge in [-0.1, -0.05) is 13.0 Å². The van der Waals surface area contributed by atoms with Gasteiger partial charge in [0.25, 0.3) is 0 Å². The number of sulfonamides is 2. The summed E-state index contributed by atoms with van der Waals surface area (Å²) < 4.78 is 55.8. The number of amides is 1. The third kappa shape index (κ3) is 5.29. The monoisotopic (exact) mass is 481 g/mol. The molecule has 2 aromatic carbocycles. The Morgan fingerprint density at radius 1 is 1.09 bits per heavy atom. The number of ether oxygens (including phenoxy) is 1. The van der Waals surface area contributed by atoms with Crippen LogP contribution in [-0.4, -0.2) is 47.2 Å². The lowest BCUT2D eigenvalue weighted by molar-refractivity contribution is -0.120. The van der Waals surface area contributed by atoms with Crippen molar-refractivity contribution in [2.75, 3.05) is 25.5 Å². The number of anilines is 1. The summed E-state index contributed by atoms with van der Waals surface area (Å²) >= 11 is 0. The van der Waals surface area contributed by atoms with Crippen molar-refractivity contribution in [2.24, 2.45) is 11.1 Å². The van der Waals surface area contributed by atoms with Crippen molar-refractivity contribution in [3.63, 3.8) is 0 Å². The highest BCUT2D eigenvalue weighted by atomic mass is 32.2. The number of nitrogens with two attached hydrogens (primary N) is 1. The smallest absolute Gasteiger partial charge is 0.243 e. The highest BCUT2D eigenvalue weighted by Gasteiger charge is 2.32. The molecule has 1 aliphatic rings. The summed E-state index contributed by atoms with van der Waals surface area (Å²) in [5.74, 6) is -0.103. The van der Waals surface area contributed by atoms with Crippen molar-refractivity contribution in [1.29, 1.82) is 0 Å². The average Bonchev–Trinajstić information content (AvgIpc) is 2.78. The van der Waals surface area contributed by atoms with Gasteiger partial charge < -0.3 is 10.1 Å². The van der Waals surface area contributed by atoms with E-state index in [1.54, 1.807) is 24.3 Å². The molecule has 1 aliphatic heterocycles. The molecule has 1 heterocycles. The van der Waals surface area contributed by atoms with Crippen molar-refractivity contribution < 1.29 is 26.4 Å². The van der Waals surface area contributed by atoms with Crippen LogP contribution in [0, 0.1) is 5.92 Å². The molecule has 0 radical (unpaired) electrons. The van der Waals surface area contributed by atoms with Crippen LogP contribution in [0.3, 0.4) is 0 Å². The van der Waals surface area contributed by atoms with Gasteiger partial charge in [-0.3, -0.25) is 4.79 Å². The molecule has 0 saturated carbocycles. The van der Waals surface area contributed by atoms with Gasteiger partial charge in [0.2, 0.25) is 26.0 Å². The van der Waals surface area contributed by atoms with Gasteiger partial charge in [0, 0.05) is 24.7 Å². The zero-order valence-electron chi connectivity index (χ0n) is 17.9. The predicted molar refractivity (Wildman–Crippen MR) is 120 cm³/mol. The van der Waals surface area contributed by atoms with Gasteiger partial charge in [-0.2, -0.15) is 4.31 Å². The van der Waals surface area contributed by atoms with Crippen LogP contribution in [0.15, 0.2) is 52.3 Å². The number of carbonyl (C=O) groups excluding carboxylic acids is 1. The van der Waals surface area contributed by atoms with Crippen LogP contribution in [0.4, 0.5) is 5.69 Å². The number of primary sulfonamides is 1. The Hall–Kier alpha value is -2.47. The third-order valence-electron chi connectivity index (χ3n) is 5.54. The Kier molecular flexibility index (Phi) is 7.23. The molecule has 174 valence electrons. The zero-order valence-corrected chi connectivity index (χ0v) is 19.6. The van der Waals surface area contributed by atoms with E-state index in [1.807, 2.05) is 6.92 Å². The molecule has 11 heteroatoms. The number of nitrogens with zero attached hydrogens (tertiary/aromatic N) is 1. The molecule has 32 heavy (non-hydrogen) atoms. The molecule has 2 aromatic rings. The second-order valence-electron chi connectivity index (χ2n) is 7.56. The van der Waals surface area contributed by atoms with Gasteiger partial charge in [0.05, 0.1) is 16.9 Å². The number of hydrogen-bond donors (Lipinski definition) is 2. The lowest BCUT2D eigenvalue weighted by Crippen LogP contribution is -2.41. The van der Waals surface area contributed by atoms with E-state index in [0.717, 1.165) is 0 Å². The van der Waals surface area contributed by atoms with Crippen LogP contribution in [0.1, 0.15) is 25.3 Å². The Bertz CT molecular complexity index is 1190. The first-order valence-electron chi connectivity index (χ1n) is 10.2. The Balaban J connectivity index is 1.65. The normalized spacial score (nSPS) is 16.0. The summed E-state index contributed by atoms with van der Waals surface area (Å²) in [4.78, 5) is 12.9. The first-order chi connectivity index (χ1) is 15.1. The minimum atomic E-state index is -3.92. The molecule has 9 nitrogen and oxygen atoms in total. The van der Waals surface area contributed by atoms with Crippen molar-refractivity contribution in [1.82, 2.24) is 4.31 Å². The minimum Gasteiger partial charge on any atom is -0.497 e. The third-order valence-corrected chi connectivity index (χ3v) is 8.45. The first-order valence-corrected chi connectivity index (χ1v) is 13.2. The molecule has 0 spiro atoms. The lowest BCUT2D eigenvalue weighted by Gasteiger charge is -2.30. The van der Waals surface area contributed by atoms with E-state index >= 15 is 0 Å². The Morgan fingerprint density at radius 2 is 1.72 bits per heavy atom. The number of hydrogen-bond acceptors (Lipinski definition) is 6. The summed E-state index contributed by atoms with van der Waals surface area (Å²) in [5, 5.41) is 8.02. The molecule has 1 fully saturated rings. The summed E-state index contributed by atoms with van der Waals surface area (Å²) in [6, 6.07) is 10.8. The van der Waals surface area contributed by atoms with Crippen LogP contribution in [0.5, 0.6) is 5.75 Å². The number of rotatable bonds is 7. The van der Waals surface area contributed by atoms with Crippen LogP contribution < -0.4 is 15.2 Å². The van der Waals surface area contributed by atoms with E-state index in [2.05, 4.69) is 5.32 Å². The van der Waals surface area contributed by atoms with Crippen LogP contribution in [-0.2, 0) is 31.3 Å². The average molecular weight is 482 g/mol. The number of piperidine rings is 1. The fraction of sp³-hybridized carbons (Fsp3) is 0.381. The minimum absolute atomic E-state index is 0.0156. The summed E-state index contributed by atoms with van der Waals surface area (Å²) in [7, 11) is -6.07. The maximum absolute atomic E-state index is 12.9. The Labute approximate surface area is 188 Å². The molecular weight excluding hydrogens is 454 g/mol. The van der Waals surface area contributed by atoms with E-state index in [1.165, 1.54) is 29.6 Å². The van der Waals surface area contributed by atoms with Crippen molar-refractivity contribution in [3.05, 3.63) is 48.0 Å². The SMILES string of the molecule is CCc1ccc(NC(=O)C2CCN(S(=O)(=O)c3ccc(OC)cc3)CC2)cc1S(N)(=O)=O. The molecule has 0 aliphatic carbocycles. The predicted octanol–water partition coefficient (Wildman–Crippen LogP) is 1.94. The highest BCUT2D eigenvalue weighted by Crippen LogP contribution is 2.27. The van der Waals surface area contributed by atoms with Crippen LogP contribution >= 0.6 is 0 Å². The van der Waals surface area contributed by atoms with Crippen LogP contribution in [0.25, 0.3) is 0 Å². The summed E-state index contributed by atoms with van der Waals surface area (Å²) in [6.07, 6.45) is 1.20. The second kappa shape index (κ2) is 9.57. The molecule has 1 amide bonds. The van der Waals surface area contributed by atoms with E-state index in [9.17, 15) is 21.6 Å². The Morgan fingerprint density at radius 3 is 2.25 bits per heavy atom. The van der Waals surface area contributed by atoms with Crippen molar-refractivity contribution in [3.8, 4) is 5.75 Å². The second-order valence-corrected chi connectivity index (χ2v) is 11.0. The number of carbonyl (C=O) groups is 1. The van der Waals surface area contributed by atoms with E-state index < -0.39 is 20.0 Å². The van der Waals surface area contributed by atoms with Gasteiger partial charge >= 0.3 is 0 Å². The summed E-state index contributed by atoms with van der Waals surface area (Å²) in [5.41, 5.74) is 0.909. The molecule has 3 rings (SSSR count). The maximum Gasteiger partial charge on any atom is 0.243 e. The van der Waals surface area contributed by atoms with E-state index in [0.29, 0.717) is 36.3 Å². The summed E-state index contributed by atoms with van der Waals surface area (Å²) in [6.45, 7) is 2.24. The standard InChI is InChI=1S/C21H27N3O6S2/c1-3-15-4-5-17(14-20(15)31(22,26)27)23-21(25)16-10-12-24(13-11-16)32(28,29)19-8-6-18(30-2)7-9-19/h4-9,14,16H,3,10-13H2,1-2H3,(H,23,25)(H2,22,26,27). The van der Waals surface area contributed by atoms with Gasteiger partial charge in [-0.05, 0) is 61.2 Å². The largest absolute Gasteiger partial charge is 0.497 e.